The second-order valence-corrected chi connectivity index (χ2v) is 8.16. The molecule has 2 heterocycles. The molecule has 2 aromatic carbocycles. The summed E-state index contributed by atoms with van der Waals surface area (Å²) < 4.78 is 75.2. The monoisotopic (exact) mass is 437 g/mol. The van der Waals surface area contributed by atoms with Gasteiger partial charge in [-0.05, 0) is 42.5 Å². The van der Waals surface area contributed by atoms with Crippen LogP contribution < -0.4 is 10.5 Å². The highest BCUT2D eigenvalue weighted by Crippen LogP contribution is 2.34. The van der Waals surface area contributed by atoms with E-state index < -0.39 is 27.5 Å². The van der Waals surface area contributed by atoms with Crippen LogP contribution in [-0.4, -0.2) is 17.6 Å². The van der Waals surface area contributed by atoms with Gasteiger partial charge in [-0.2, -0.15) is 13.2 Å². The Morgan fingerprint density at radius 2 is 1.73 bits per heavy atom. The summed E-state index contributed by atoms with van der Waals surface area (Å²) in [5.41, 5.74) is -0.619. The van der Waals surface area contributed by atoms with Gasteiger partial charge in [-0.3, -0.25) is 9.29 Å². The Kier molecular flexibility index (Phi) is 4.49. The zero-order valence-electron chi connectivity index (χ0n) is 15.3. The number of aryl methyl sites for hydroxylation is 1. The van der Waals surface area contributed by atoms with Gasteiger partial charge in [-0.25, -0.2) is 13.2 Å². The first kappa shape index (κ1) is 19.8. The molecule has 0 aliphatic rings. The molecule has 0 saturated carbocycles. The molecule has 0 atom stereocenters. The fourth-order valence-electron chi connectivity index (χ4n) is 3.00. The van der Waals surface area contributed by atoms with E-state index in [2.05, 4.69) is 4.72 Å². The Morgan fingerprint density at radius 3 is 2.40 bits per heavy atom. The molecule has 156 valence electrons. The molecule has 0 fully saturated rings. The molecule has 4 rings (SSSR count). The lowest BCUT2D eigenvalue weighted by molar-refractivity contribution is -0.137. The van der Waals surface area contributed by atoms with Gasteiger partial charge in [-0.1, -0.05) is 0 Å². The SMILES string of the molecule is Cn1c(=O)oc2cc(S(=O)(=O)Nc3cc(C(F)(F)F)ccc3-n3cccc3)ccc21. The molecule has 0 unspecified atom stereocenters. The van der Waals surface area contributed by atoms with Crippen LogP contribution in [0.5, 0.6) is 0 Å². The van der Waals surface area contributed by atoms with E-state index in [0.717, 1.165) is 18.2 Å². The smallest absolute Gasteiger partial charge is 0.408 e. The third-order valence-electron chi connectivity index (χ3n) is 4.52. The number of halogens is 3. The second-order valence-electron chi connectivity index (χ2n) is 6.48. The Hall–Kier alpha value is -3.47. The summed E-state index contributed by atoms with van der Waals surface area (Å²) in [5.74, 6) is -0.666. The summed E-state index contributed by atoms with van der Waals surface area (Å²) in [4.78, 5) is 11.4. The van der Waals surface area contributed by atoms with E-state index in [0.29, 0.717) is 5.52 Å². The van der Waals surface area contributed by atoms with Crippen LogP contribution in [0.25, 0.3) is 16.8 Å². The van der Waals surface area contributed by atoms with Crippen LogP contribution in [0.1, 0.15) is 5.56 Å². The van der Waals surface area contributed by atoms with Crippen molar-refractivity contribution in [3.63, 3.8) is 0 Å². The van der Waals surface area contributed by atoms with Gasteiger partial charge in [0.2, 0.25) is 0 Å². The molecule has 0 aliphatic heterocycles. The van der Waals surface area contributed by atoms with Crippen molar-refractivity contribution >= 4 is 26.8 Å². The van der Waals surface area contributed by atoms with E-state index in [-0.39, 0.29) is 21.9 Å². The van der Waals surface area contributed by atoms with Crippen molar-refractivity contribution < 1.29 is 26.0 Å². The first-order chi connectivity index (χ1) is 14.1. The van der Waals surface area contributed by atoms with Crippen molar-refractivity contribution in [2.75, 3.05) is 4.72 Å². The molecular formula is C19H14F3N3O4S. The number of hydrogen-bond donors (Lipinski definition) is 1. The van der Waals surface area contributed by atoms with Gasteiger partial charge in [0.25, 0.3) is 10.0 Å². The number of aromatic nitrogens is 2. The molecule has 0 bridgehead atoms. The van der Waals surface area contributed by atoms with Gasteiger partial charge in [0.05, 0.1) is 27.4 Å². The fraction of sp³-hybridized carbons (Fsp3) is 0.105. The van der Waals surface area contributed by atoms with Crippen LogP contribution in [0.2, 0.25) is 0 Å². The lowest BCUT2D eigenvalue weighted by Crippen LogP contribution is -2.16. The maximum Gasteiger partial charge on any atom is 0.419 e. The molecule has 2 aromatic heterocycles. The van der Waals surface area contributed by atoms with Gasteiger partial charge >= 0.3 is 11.9 Å². The van der Waals surface area contributed by atoms with Crippen LogP contribution in [0.4, 0.5) is 18.9 Å². The Balaban J connectivity index is 1.81. The number of nitrogens with zero attached hydrogens (tertiary/aromatic N) is 2. The van der Waals surface area contributed by atoms with Crippen molar-refractivity contribution in [1.29, 1.82) is 0 Å². The first-order valence-electron chi connectivity index (χ1n) is 8.53. The minimum Gasteiger partial charge on any atom is -0.408 e. The van der Waals surface area contributed by atoms with E-state index in [9.17, 15) is 26.4 Å². The number of hydrogen-bond acceptors (Lipinski definition) is 4. The highest BCUT2D eigenvalue weighted by atomic mass is 32.2. The average Bonchev–Trinajstić information content (AvgIpc) is 3.29. The quantitative estimate of drug-likeness (QED) is 0.527. The maximum absolute atomic E-state index is 13.2. The summed E-state index contributed by atoms with van der Waals surface area (Å²) in [7, 11) is -2.82. The number of benzene rings is 2. The zero-order valence-corrected chi connectivity index (χ0v) is 16.2. The van der Waals surface area contributed by atoms with Crippen LogP contribution in [0.15, 0.2) is 75.0 Å². The normalized spacial score (nSPS) is 12.4. The standard InChI is InChI=1S/C19H14F3N3O4S/c1-24-16-7-5-13(11-17(16)29-18(24)26)30(27,28)23-14-10-12(19(20,21)22)4-6-15(14)25-8-2-3-9-25/h2-11,23H,1H3. The largest absolute Gasteiger partial charge is 0.419 e. The first-order valence-corrected chi connectivity index (χ1v) is 10.0. The lowest BCUT2D eigenvalue weighted by atomic mass is 10.1. The summed E-state index contributed by atoms with van der Waals surface area (Å²) in [6, 6.07) is 9.85. The summed E-state index contributed by atoms with van der Waals surface area (Å²) in [6.07, 6.45) is -1.50. The molecule has 11 heteroatoms. The van der Waals surface area contributed by atoms with Crippen LogP contribution in [0.3, 0.4) is 0 Å². The van der Waals surface area contributed by atoms with Gasteiger partial charge in [0.15, 0.2) is 5.58 Å². The van der Waals surface area contributed by atoms with Crippen LogP contribution >= 0.6 is 0 Å². The van der Waals surface area contributed by atoms with E-state index in [1.807, 2.05) is 0 Å². The van der Waals surface area contributed by atoms with Gasteiger partial charge in [0.1, 0.15) is 0 Å². The number of rotatable bonds is 4. The minimum atomic E-state index is -4.65. The number of oxazole rings is 1. The van der Waals surface area contributed by atoms with E-state index >= 15 is 0 Å². The predicted molar refractivity (Wildman–Crippen MR) is 103 cm³/mol. The molecule has 7 nitrogen and oxygen atoms in total. The molecule has 30 heavy (non-hydrogen) atoms. The van der Waals surface area contributed by atoms with E-state index in [1.165, 1.54) is 34.4 Å². The number of fused-ring (bicyclic) bond motifs is 1. The minimum absolute atomic E-state index is 0.0417. The predicted octanol–water partition coefficient (Wildman–Crippen LogP) is 3.74. The number of sulfonamides is 1. The molecule has 1 N–H and O–H groups in total. The zero-order chi connectivity index (χ0) is 21.7. The number of alkyl halides is 3. The summed E-state index contributed by atoms with van der Waals surface area (Å²) in [6.45, 7) is 0. The number of anilines is 1. The van der Waals surface area contributed by atoms with Crippen molar-refractivity contribution in [1.82, 2.24) is 9.13 Å². The van der Waals surface area contributed by atoms with Crippen LogP contribution in [0, 0.1) is 0 Å². The average molecular weight is 437 g/mol. The third-order valence-corrected chi connectivity index (χ3v) is 5.89. The molecular weight excluding hydrogens is 423 g/mol. The van der Waals surface area contributed by atoms with Gasteiger partial charge < -0.3 is 8.98 Å². The topological polar surface area (TPSA) is 86.2 Å². The molecule has 0 radical (unpaired) electrons. The fourth-order valence-corrected chi connectivity index (χ4v) is 4.08. The highest BCUT2D eigenvalue weighted by molar-refractivity contribution is 7.92. The highest BCUT2D eigenvalue weighted by Gasteiger charge is 2.32. The van der Waals surface area contributed by atoms with Gasteiger partial charge in [0, 0.05) is 25.5 Å². The molecule has 0 amide bonds. The van der Waals surface area contributed by atoms with Crippen molar-refractivity contribution in [2.45, 2.75) is 11.1 Å². The Labute approximate surface area is 168 Å². The summed E-state index contributed by atoms with van der Waals surface area (Å²) in [5, 5.41) is 0. The Morgan fingerprint density at radius 1 is 1.03 bits per heavy atom. The van der Waals surface area contributed by atoms with E-state index in [1.54, 1.807) is 24.5 Å². The maximum atomic E-state index is 13.2. The molecule has 0 spiro atoms. The van der Waals surface area contributed by atoms with Crippen molar-refractivity contribution in [2.24, 2.45) is 7.05 Å². The third kappa shape index (κ3) is 3.47. The van der Waals surface area contributed by atoms with Crippen LogP contribution in [-0.2, 0) is 23.2 Å². The molecule has 4 aromatic rings. The van der Waals surface area contributed by atoms with Crippen molar-refractivity contribution in [3.8, 4) is 5.69 Å². The molecule has 0 saturated heterocycles. The lowest BCUT2D eigenvalue weighted by Gasteiger charge is -2.16. The van der Waals surface area contributed by atoms with Crippen molar-refractivity contribution in [3.05, 3.63) is 77.0 Å². The number of nitrogens with one attached hydrogen (secondary N) is 1. The van der Waals surface area contributed by atoms with Gasteiger partial charge in [-0.15, -0.1) is 0 Å². The van der Waals surface area contributed by atoms with E-state index in [4.69, 9.17) is 4.42 Å². The molecule has 0 aliphatic carbocycles. The summed E-state index contributed by atoms with van der Waals surface area (Å²) >= 11 is 0. The Bertz CT molecular complexity index is 1400. The second kappa shape index (κ2) is 6.80.